The second-order valence-corrected chi connectivity index (χ2v) is 6.68. The highest BCUT2D eigenvalue weighted by atomic mass is 32.1. The number of quaternary nitrogens is 2. The van der Waals surface area contributed by atoms with Gasteiger partial charge >= 0.3 is 0 Å². The van der Waals surface area contributed by atoms with Gasteiger partial charge < -0.3 is 4.90 Å². The maximum Gasteiger partial charge on any atom is 0.236 e. The number of rotatable bonds is 4. The zero-order valence-electron chi connectivity index (χ0n) is 11.7. The van der Waals surface area contributed by atoms with Gasteiger partial charge in [-0.2, -0.15) is 4.98 Å². The molecule has 2 heterocycles. The number of fused-ring (bicyclic) bond motifs is 3. The fourth-order valence-corrected chi connectivity index (χ4v) is 4.00. The zero-order chi connectivity index (χ0) is 13.2. The number of hydrogen-bond acceptors (Lipinski definition) is 3. The average Bonchev–Trinajstić information content (AvgIpc) is 2.77. The largest absolute Gasteiger partial charge is 0.335 e. The van der Waals surface area contributed by atoms with Crippen molar-refractivity contribution in [1.29, 1.82) is 0 Å². The van der Waals surface area contributed by atoms with Crippen LogP contribution < -0.4 is 10.2 Å². The highest BCUT2D eigenvalue weighted by Crippen LogP contribution is 2.36. The summed E-state index contributed by atoms with van der Waals surface area (Å²) in [5, 5.41) is 3.63. The Labute approximate surface area is 117 Å². The topological polar surface area (TPSA) is 46.8 Å². The van der Waals surface area contributed by atoms with E-state index in [1.54, 1.807) is 11.2 Å². The minimum absolute atomic E-state index is 1.08. The van der Waals surface area contributed by atoms with E-state index in [-0.39, 0.29) is 0 Å². The molecule has 0 bridgehead atoms. The van der Waals surface area contributed by atoms with E-state index in [1.165, 1.54) is 46.4 Å². The van der Waals surface area contributed by atoms with Crippen molar-refractivity contribution in [1.82, 2.24) is 9.97 Å². The van der Waals surface area contributed by atoms with Gasteiger partial charge in [0, 0.05) is 4.88 Å². The van der Waals surface area contributed by atoms with Crippen LogP contribution in [0.2, 0.25) is 0 Å². The van der Waals surface area contributed by atoms with E-state index in [0.717, 1.165) is 18.9 Å². The Morgan fingerprint density at radius 3 is 2.95 bits per heavy atom. The smallest absolute Gasteiger partial charge is 0.236 e. The number of thiophene rings is 1. The van der Waals surface area contributed by atoms with E-state index in [0.29, 0.717) is 0 Å². The maximum atomic E-state index is 4.51. The van der Waals surface area contributed by atoms with Crippen LogP contribution in [-0.4, -0.2) is 37.2 Å². The van der Waals surface area contributed by atoms with E-state index in [9.17, 15) is 0 Å². The first kappa shape index (κ1) is 13.0. The molecular formula is C14H22N4S+2. The number of nitrogens with zero attached hydrogens (tertiary/aromatic N) is 2. The fourth-order valence-electron chi connectivity index (χ4n) is 2.77. The van der Waals surface area contributed by atoms with Crippen LogP contribution in [0.25, 0.3) is 10.2 Å². The van der Waals surface area contributed by atoms with E-state index in [2.05, 4.69) is 29.4 Å². The van der Waals surface area contributed by atoms with Crippen molar-refractivity contribution in [2.75, 3.05) is 27.2 Å². The monoisotopic (exact) mass is 278 g/mol. The van der Waals surface area contributed by atoms with Gasteiger partial charge in [0.2, 0.25) is 5.82 Å². The molecule has 5 heteroatoms. The van der Waals surface area contributed by atoms with Gasteiger partial charge in [0.25, 0.3) is 0 Å². The first-order valence-electron chi connectivity index (χ1n) is 7.13. The Balaban J connectivity index is 1.93. The van der Waals surface area contributed by atoms with Gasteiger partial charge in [-0.25, -0.2) is 4.98 Å². The molecule has 0 fully saturated rings. The summed E-state index contributed by atoms with van der Waals surface area (Å²) in [5.74, 6) is 1.16. The molecule has 0 aliphatic heterocycles. The molecule has 0 spiro atoms. The zero-order valence-corrected chi connectivity index (χ0v) is 12.5. The second kappa shape index (κ2) is 5.53. The van der Waals surface area contributed by atoms with Crippen LogP contribution in [-0.2, 0) is 12.8 Å². The lowest BCUT2D eigenvalue weighted by Crippen LogP contribution is -3.08. The van der Waals surface area contributed by atoms with Crippen molar-refractivity contribution in [2.24, 2.45) is 0 Å². The van der Waals surface area contributed by atoms with Gasteiger partial charge in [0.15, 0.2) is 0 Å². The van der Waals surface area contributed by atoms with Crippen molar-refractivity contribution >= 4 is 27.4 Å². The first-order valence-corrected chi connectivity index (χ1v) is 7.95. The third-order valence-electron chi connectivity index (χ3n) is 3.76. The van der Waals surface area contributed by atoms with Gasteiger partial charge in [-0.15, -0.1) is 11.3 Å². The number of nitrogens with two attached hydrogens (primary N) is 1. The Morgan fingerprint density at radius 1 is 1.26 bits per heavy atom. The van der Waals surface area contributed by atoms with Crippen LogP contribution in [0.4, 0.5) is 5.82 Å². The van der Waals surface area contributed by atoms with Crippen LogP contribution in [0.15, 0.2) is 6.33 Å². The summed E-state index contributed by atoms with van der Waals surface area (Å²) in [5.41, 5.74) is 1.54. The summed E-state index contributed by atoms with van der Waals surface area (Å²) >= 11 is 1.88. The molecule has 2 aromatic heterocycles. The lowest BCUT2D eigenvalue weighted by atomic mass is 9.97. The molecule has 1 aliphatic carbocycles. The summed E-state index contributed by atoms with van der Waals surface area (Å²) in [6, 6.07) is 0. The van der Waals surface area contributed by atoms with Crippen LogP contribution in [0.5, 0.6) is 0 Å². The third-order valence-corrected chi connectivity index (χ3v) is 4.96. The number of aryl methyl sites for hydroxylation is 2. The second-order valence-electron chi connectivity index (χ2n) is 5.60. The van der Waals surface area contributed by atoms with Crippen LogP contribution >= 0.6 is 11.3 Å². The lowest BCUT2D eigenvalue weighted by molar-refractivity contribution is -0.870. The summed E-state index contributed by atoms with van der Waals surface area (Å²) in [4.78, 5) is 13.2. The molecule has 0 atom stereocenters. The molecule has 0 saturated carbocycles. The van der Waals surface area contributed by atoms with E-state index in [4.69, 9.17) is 0 Å². The predicted molar refractivity (Wildman–Crippen MR) is 78.2 cm³/mol. The molecule has 0 unspecified atom stereocenters. The molecule has 2 aromatic rings. The van der Waals surface area contributed by atoms with Crippen molar-refractivity contribution in [3.63, 3.8) is 0 Å². The number of nitrogens with one attached hydrogen (secondary N) is 1. The number of likely N-dealkylation sites (N-methyl/N-ethyl adjacent to an activating group) is 1. The molecule has 3 N–H and O–H groups in total. The van der Waals surface area contributed by atoms with Gasteiger partial charge in [-0.1, -0.05) is 0 Å². The standard InChI is InChI=1S/C14H20N4S/c1-18(2)8-7-15-13-12-10-5-3-4-6-11(10)19-14(12)17-9-16-13/h9H,3-8H2,1-2H3,(H,15,16,17)/p+2. The minimum Gasteiger partial charge on any atom is -0.335 e. The number of aromatic nitrogens is 2. The van der Waals surface area contributed by atoms with E-state index in [1.807, 2.05) is 11.3 Å². The normalized spacial score (nSPS) is 15.1. The highest BCUT2D eigenvalue weighted by molar-refractivity contribution is 7.18. The van der Waals surface area contributed by atoms with Crippen molar-refractivity contribution in [2.45, 2.75) is 25.7 Å². The number of hydrogen-bond donors (Lipinski definition) is 2. The van der Waals surface area contributed by atoms with Gasteiger partial charge in [0.05, 0.1) is 19.5 Å². The maximum absolute atomic E-state index is 4.51. The molecule has 0 radical (unpaired) electrons. The third kappa shape index (κ3) is 2.63. The van der Waals surface area contributed by atoms with Crippen molar-refractivity contribution in [3.8, 4) is 0 Å². The Bertz CT molecular complexity index is 576. The average molecular weight is 278 g/mol. The summed E-state index contributed by atoms with van der Waals surface area (Å²) in [6.45, 7) is 2.23. The Morgan fingerprint density at radius 2 is 2.11 bits per heavy atom. The minimum atomic E-state index is 1.08. The highest BCUT2D eigenvalue weighted by Gasteiger charge is 2.21. The van der Waals surface area contributed by atoms with Gasteiger partial charge in [0.1, 0.15) is 24.2 Å². The Hall–Kier alpha value is -1.04. The van der Waals surface area contributed by atoms with Gasteiger partial charge in [-0.05, 0) is 31.2 Å². The molecule has 4 nitrogen and oxygen atoms in total. The van der Waals surface area contributed by atoms with Crippen molar-refractivity contribution < 1.29 is 10.2 Å². The van der Waals surface area contributed by atoms with E-state index < -0.39 is 0 Å². The summed E-state index contributed by atoms with van der Waals surface area (Å²) in [7, 11) is 4.38. The molecular weight excluding hydrogens is 256 g/mol. The summed E-state index contributed by atoms with van der Waals surface area (Å²) < 4.78 is 0. The van der Waals surface area contributed by atoms with Gasteiger partial charge in [-0.3, -0.25) is 5.32 Å². The lowest BCUT2D eigenvalue weighted by Gasteiger charge is -2.11. The first-order chi connectivity index (χ1) is 9.25. The molecule has 1 aliphatic rings. The van der Waals surface area contributed by atoms with Crippen molar-refractivity contribution in [3.05, 3.63) is 16.8 Å². The summed E-state index contributed by atoms with van der Waals surface area (Å²) in [6.07, 6.45) is 6.81. The molecule has 19 heavy (non-hydrogen) atoms. The predicted octanol–water partition coefficient (Wildman–Crippen LogP) is -0.0905. The molecule has 3 rings (SSSR count). The molecule has 0 aromatic carbocycles. The molecule has 0 amide bonds. The van der Waals surface area contributed by atoms with Crippen LogP contribution in [0.3, 0.4) is 0 Å². The quantitative estimate of drug-likeness (QED) is 0.821. The van der Waals surface area contributed by atoms with Crippen LogP contribution in [0.1, 0.15) is 23.3 Å². The fraction of sp³-hybridized carbons (Fsp3) is 0.571. The SMILES string of the molecule is C[NH+](C)CC[NH2+]c1ncnc2sc3c(c12)CCCC3. The Kier molecular flexibility index (Phi) is 3.77. The molecule has 0 saturated heterocycles. The molecule has 102 valence electrons. The van der Waals surface area contributed by atoms with Crippen LogP contribution in [0, 0.1) is 0 Å². The van der Waals surface area contributed by atoms with E-state index >= 15 is 0 Å².